The number of fused-ring (bicyclic) bond motifs is 1. The van der Waals surface area contributed by atoms with Crippen LogP contribution >= 0.6 is 0 Å². The molecule has 35 heavy (non-hydrogen) atoms. The summed E-state index contributed by atoms with van der Waals surface area (Å²) in [6.07, 6.45) is 4.57. The van der Waals surface area contributed by atoms with E-state index in [0.29, 0.717) is 13.1 Å². The Bertz CT molecular complexity index is 1280. The van der Waals surface area contributed by atoms with E-state index in [1.807, 2.05) is 54.7 Å². The number of pyridine rings is 1. The molecule has 0 aliphatic rings. The number of rotatable bonds is 11. The second-order valence-corrected chi connectivity index (χ2v) is 8.16. The predicted octanol–water partition coefficient (Wildman–Crippen LogP) is 5.38. The van der Waals surface area contributed by atoms with E-state index in [2.05, 4.69) is 32.4 Å². The van der Waals surface area contributed by atoms with Crippen LogP contribution in [0.2, 0.25) is 0 Å². The molecule has 0 bridgehead atoms. The molecule has 0 aliphatic heterocycles. The molecule has 0 saturated heterocycles. The molecule has 8 nitrogen and oxygen atoms in total. The van der Waals surface area contributed by atoms with Gasteiger partial charge < -0.3 is 29.8 Å². The highest BCUT2D eigenvalue weighted by atomic mass is 16.5. The molecular formula is C27H30N4O4. The van der Waals surface area contributed by atoms with Crippen molar-refractivity contribution in [2.45, 2.75) is 25.9 Å². The lowest BCUT2D eigenvalue weighted by Gasteiger charge is -2.10. The van der Waals surface area contributed by atoms with Crippen molar-refractivity contribution in [2.75, 3.05) is 26.1 Å². The van der Waals surface area contributed by atoms with Gasteiger partial charge in [0.25, 0.3) is 0 Å². The number of nitrogens with one attached hydrogen (secondary N) is 2. The van der Waals surface area contributed by atoms with E-state index < -0.39 is 6.09 Å². The van der Waals surface area contributed by atoms with Gasteiger partial charge in [-0.1, -0.05) is 24.3 Å². The number of nitrogens with zero attached hydrogens (tertiary/aromatic N) is 2. The lowest BCUT2D eigenvalue weighted by molar-refractivity contribution is 0.194. The molecule has 0 fully saturated rings. The van der Waals surface area contributed by atoms with Crippen molar-refractivity contribution in [3.8, 4) is 22.6 Å². The van der Waals surface area contributed by atoms with Crippen LogP contribution in [0.5, 0.6) is 11.5 Å². The number of methoxy groups -OCH3 is 2. The third-order valence-electron chi connectivity index (χ3n) is 5.89. The topological polar surface area (TPSA) is 97.6 Å². The van der Waals surface area contributed by atoms with Crippen LogP contribution in [0.4, 0.5) is 10.6 Å². The van der Waals surface area contributed by atoms with Crippen LogP contribution in [-0.2, 0) is 13.1 Å². The van der Waals surface area contributed by atoms with Gasteiger partial charge in [-0.15, -0.1) is 0 Å². The normalized spacial score (nSPS) is 10.8. The first-order valence-electron chi connectivity index (χ1n) is 11.5. The van der Waals surface area contributed by atoms with Gasteiger partial charge in [-0.05, 0) is 54.3 Å². The van der Waals surface area contributed by atoms with Gasteiger partial charge in [0.15, 0.2) is 0 Å². The molecule has 8 heteroatoms. The molecule has 4 rings (SSSR count). The highest BCUT2D eigenvalue weighted by Crippen LogP contribution is 2.36. The number of unbranched alkanes of at least 4 members (excludes halogenated alkanes) is 1. The van der Waals surface area contributed by atoms with Crippen molar-refractivity contribution in [2.24, 2.45) is 0 Å². The molecule has 0 radical (unpaired) electrons. The van der Waals surface area contributed by atoms with E-state index >= 15 is 0 Å². The third kappa shape index (κ3) is 5.84. The Morgan fingerprint density at radius 3 is 2.57 bits per heavy atom. The number of hydrogen-bond acceptors (Lipinski definition) is 5. The van der Waals surface area contributed by atoms with Gasteiger partial charge in [0.05, 0.1) is 19.7 Å². The molecule has 0 atom stereocenters. The average molecular weight is 475 g/mol. The molecule has 0 saturated carbocycles. The number of benzene rings is 2. The molecule has 0 unspecified atom stereocenters. The van der Waals surface area contributed by atoms with Crippen LogP contribution in [0.25, 0.3) is 22.0 Å². The number of hydrogen-bond donors (Lipinski definition) is 3. The summed E-state index contributed by atoms with van der Waals surface area (Å²) in [5.74, 6) is 2.42. The SMILES string of the molecule is COc1ccc(CNc2nccc3c2c(-c2cccc(OC)c2)cn3CCCCNC(=O)O)cc1. The van der Waals surface area contributed by atoms with Crippen molar-refractivity contribution in [1.82, 2.24) is 14.9 Å². The number of carbonyl (C=O) groups is 1. The second-order valence-electron chi connectivity index (χ2n) is 8.16. The lowest BCUT2D eigenvalue weighted by Crippen LogP contribution is -2.21. The largest absolute Gasteiger partial charge is 0.497 e. The standard InChI is InChI=1S/C27H30N4O4/c1-34-21-10-8-19(9-11-21)17-30-26-25-23(20-6-5-7-22(16-20)35-2)18-31(24(25)12-14-28-26)15-4-3-13-29-27(32)33/h5-12,14,16,18,29H,3-4,13,15,17H2,1-2H3,(H,28,30)(H,32,33). The Morgan fingerprint density at radius 1 is 1.03 bits per heavy atom. The number of aromatic nitrogens is 2. The summed E-state index contributed by atoms with van der Waals surface area (Å²) >= 11 is 0. The van der Waals surface area contributed by atoms with Gasteiger partial charge in [0, 0.05) is 43.0 Å². The molecule has 2 aromatic heterocycles. The summed E-state index contributed by atoms with van der Waals surface area (Å²) in [5.41, 5.74) is 4.30. The van der Waals surface area contributed by atoms with Crippen molar-refractivity contribution >= 4 is 22.8 Å². The van der Waals surface area contributed by atoms with Gasteiger partial charge in [-0.25, -0.2) is 9.78 Å². The summed E-state index contributed by atoms with van der Waals surface area (Å²) in [6.45, 7) is 1.83. The predicted molar refractivity (Wildman–Crippen MR) is 137 cm³/mol. The third-order valence-corrected chi connectivity index (χ3v) is 5.89. The molecule has 2 aromatic carbocycles. The van der Waals surface area contributed by atoms with Crippen LogP contribution in [-0.4, -0.2) is 41.5 Å². The molecule has 182 valence electrons. The summed E-state index contributed by atoms with van der Waals surface area (Å²) in [7, 11) is 3.32. The van der Waals surface area contributed by atoms with Crippen molar-refractivity contribution in [3.05, 3.63) is 72.6 Å². The van der Waals surface area contributed by atoms with Gasteiger partial charge in [0.1, 0.15) is 17.3 Å². The minimum atomic E-state index is -0.990. The van der Waals surface area contributed by atoms with E-state index in [1.165, 1.54) is 0 Å². The highest BCUT2D eigenvalue weighted by molar-refractivity contribution is 6.03. The van der Waals surface area contributed by atoms with Gasteiger partial charge in [0.2, 0.25) is 0 Å². The Hall–Kier alpha value is -4.20. The fourth-order valence-corrected chi connectivity index (χ4v) is 4.11. The lowest BCUT2D eigenvalue weighted by atomic mass is 10.0. The Balaban J connectivity index is 1.65. The Labute approximate surface area is 204 Å². The number of amides is 1. The van der Waals surface area contributed by atoms with Crippen LogP contribution in [0.15, 0.2) is 67.0 Å². The highest BCUT2D eigenvalue weighted by Gasteiger charge is 2.16. The zero-order valence-electron chi connectivity index (χ0n) is 20.0. The molecular weight excluding hydrogens is 444 g/mol. The fourth-order valence-electron chi connectivity index (χ4n) is 4.11. The molecule has 1 amide bonds. The van der Waals surface area contributed by atoms with Crippen molar-refractivity contribution in [3.63, 3.8) is 0 Å². The molecule has 4 aromatic rings. The first kappa shape index (κ1) is 23.9. The fraction of sp³-hybridized carbons (Fsp3) is 0.259. The quantitative estimate of drug-likeness (QED) is 0.253. The van der Waals surface area contributed by atoms with Crippen LogP contribution in [0, 0.1) is 0 Å². The number of aryl methyl sites for hydroxylation is 1. The molecule has 3 N–H and O–H groups in total. The maximum absolute atomic E-state index is 10.7. The molecule has 2 heterocycles. The van der Waals surface area contributed by atoms with E-state index in [4.69, 9.17) is 14.6 Å². The van der Waals surface area contributed by atoms with Crippen molar-refractivity contribution in [1.29, 1.82) is 0 Å². The average Bonchev–Trinajstić information content (AvgIpc) is 3.26. The van der Waals surface area contributed by atoms with Gasteiger partial charge >= 0.3 is 6.09 Å². The number of carboxylic acid groups (broad SMARTS) is 1. The molecule has 0 aliphatic carbocycles. The number of ether oxygens (including phenoxy) is 2. The summed E-state index contributed by atoms with van der Waals surface area (Å²) in [4.78, 5) is 15.4. The van der Waals surface area contributed by atoms with Crippen LogP contribution in [0.3, 0.4) is 0 Å². The summed E-state index contributed by atoms with van der Waals surface area (Å²) in [5, 5.41) is 15.8. The first-order chi connectivity index (χ1) is 17.1. The maximum Gasteiger partial charge on any atom is 0.404 e. The second kappa shape index (κ2) is 11.3. The minimum Gasteiger partial charge on any atom is -0.497 e. The first-order valence-corrected chi connectivity index (χ1v) is 11.5. The Kier molecular flexibility index (Phi) is 7.72. The number of anilines is 1. The zero-order valence-corrected chi connectivity index (χ0v) is 20.0. The van der Waals surface area contributed by atoms with E-state index in [-0.39, 0.29) is 0 Å². The Morgan fingerprint density at radius 2 is 1.83 bits per heavy atom. The van der Waals surface area contributed by atoms with Gasteiger partial charge in [-0.2, -0.15) is 0 Å². The summed E-state index contributed by atoms with van der Waals surface area (Å²) in [6, 6.07) is 18.0. The van der Waals surface area contributed by atoms with Crippen LogP contribution < -0.4 is 20.1 Å². The van der Waals surface area contributed by atoms with Gasteiger partial charge in [-0.3, -0.25) is 0 Å². The summed E-state index contributed by atoms with van der Waals surface area (Å²) < 4.78 is 12.9. The van der Waals surface area contributed by atoms with Crippen molar-refractivity contribution < 1.29 is 19.4 Å². The monoisotopic (exact) mass is 474 g/mol. The van der Waals surface area contributed by atoms with E-state index in [0.717, 1.165) is 64.3 Å². The molecule has 0 spiro atoms. The van der Waals surface area contributed by atoms with Crippen LogP contribution in [0.1, 0.15) is 18.4 Å². The maximum atomic E-state index is 10.7. The van der Waals surface area contributed by atoms with E-state index in [1.54, 1.807) is 14.2 Å². The van der Waals surface area contributed by atoms with E-state index in [9.17, 15) is 4.79 Å². The minimum absolute atomic E-state index is 0.438. The zero-order chi connectivity index (χ0) is 24.6. The smallest absolute Gasteiger partial charge is 0.404 e.